The minimum Gasteiger partial charge on any atom is -0.489 e. The van der Waals surface area contributed by atoms with Crippen LogP contribution in [-0.4, -0.2) is 34.0 Å². The van der Waals surface area contributed by atoms with Crippen LogP contribution in [0.25, 0.3) is 16.7 Å². The smallest absolute Gasteiger partial charge is 0.255 e. The summed E-state index contributed by atoms with van der Waals surface area (Å²) in [6, 6.07) is 27.3. The minimum atomic E-state index is -0.210. The molecule has 0 aliphatic rings. The number of anilines is 2. The lowest BCUT2D eigenvalue weighted by molar-refractivity contribution is 0.102. The molecule has 4 aromatic carbocycles. The van der Waals surface area contributed by atoms with Gasteiger partial charge < -0.3 is 15.0 Å². The fourth-order valence-electron chi connectivity index (χ4n) is 4.62. The van der Waals surface area contributed by atoms with Gasteiger partial charge in [0.25, 0.3) is 5.91 Å². The molecule has 7 nitrogen and oxygen atoms in total. The molecule has 1 N–H and O–H groups in total. The van der Waals surface area contributed by atoms with Gasteiger partial charge in [-0.25, -0.2) is 0 Å². The Labute approximate surface area is 229 Å². The summed E-state index contributed by atoms with van der Waals surface area (Å²) >= 11 is 0. The predicted octanol–water partition coefficient (Wildman–Crippen LogP) is 6.71. The van der Waals surface area contributed by atoms with Gasteiger partial charge in [-0.05, 0) is 92.9 Å². The lowest BCUT2D eigenvalue weighted by atomic mass is 10.1. The maximum atomic E-state index is 13.1. The summed E-state index contributed by atoms with van der Waals surface area (Å²) in [6.45, 7) is 10.7. The zero-order valence-corrected chi connectivity index (χ0v) is 22.8. The van der Waals surface area contributed by atoms with Crippen LogP contribution in [0.4, 0.5) is 11.4 Å². The third-order valence-electron chi connectivity index (χ3n) is 6.84. The highest BCUT2D eigenvalue weighted by Gasteiger charge is 2.14. The Morgan fingerprint density at radius 3 is 2.31 bits per heavy atom. The molecule has 0 fully saturated rings. The number of benzene rings is 4. The molecule has 0 aliphatic heterocycles. The van der Waals surface area contributed by atoms with E-state index < -0.39 is 0 Å². The van der Waals surface area contributed by atoms with Crippen LogP contribution in [0.3, 0.4) is 0 Å². The van der Waals surface area contributed by atoms with Crippen LogP contribution in [0.15, 0.2) is 84.9 Å². The van der Waals surface area contributed by atoms with Crippen LogP contribution < -0.4 is 15.0 Å². The van der Waals surface area contributed by atoms with Gasteiger partial charge in [-0.1, -0.05) is 36.4 Å². The van der Waals surface area contributed by atoms with Crippen molar-refractivity contribution in [2.75, 3.05) is 23.3 Å². The van der Waals surface area contributed by atoms with Gasteiger partial charge in [0.05, 0.1) is 5.69 Å². The second kappa shape index (κ2) is 11.4. The molecule has 1 heterocycles. The number of amides is 1. The van der Waals surface area contributed by atoms with Crippen molar-refractivity contribution in [3.05, 3.63) is 107 Å². The van der Waals surface area contributed by atoms with Gasteiger partial charge in [-0.3, -0.25) is 4.79 Å². The van der Waals surface area contributed by atoms with Crippen LogP contribution in [0.5, 0.6) is 5.75 Å². The lowest BCUT2D eigenvalue weighted by Crippen LogP contribution is -2.21. The largest absolute Gasteiger partial charge is 0.489 e. The van der Waals surface area contributed by atoms with Gasteiger partial charge in [0, 0.05) is 30.0 Å². The van der Waals surface area contributed by atoms with Crippen molar-refractivity contribution >= 4 is 28.3 Å². The van der Waals surface area contributed by atoms with E-state index in [0.29, 0.717) is 29.1 Å². The van der Waals surface area contributed by atoms with Crippen LogP contribution in [0.2, 0.25) is 0 Å². The van der Waals surface area contributed by atoms with Crippen molar-refractivity contribution in [2.45, 2.75) is 34.3 Å². The molecule has 39 heavy (non-hydrogen) atoms. The topological polar surface area (TPSA) is 72.3 Å². The van der Waals surface area contributed by atoms with E-state index in [1.165, 1.54) is 5.69 Å². The summed E-state index contributed by atoms with van der Waals surface area (Å²) < 4.78 is 5.90. The molecule has 7 heteroatoms. The molecular weight excluding hydrogens is 486 g/mol. The van der Waals surface area contributed by atoms with E-state index in [4.69, 9.17) is 14.9 Å². The average Bonchev–Trinajstić information content (AvgIpc) is 3.35. The standard InChI is InChI=1S/C32H33N5O2/c1-5-36(6-2)26-15-16-31(23(4)17-26)37-34-29-18-22(3)28(20-30(29)35-37)33-32(38)25-13-10-14-27(19-25)39-21-24-11-8-7-9-12-24/h7-20H,5-6,21H2,1-4H3,(H,33,38). The van der Waals surface area contributed by atoms with E-state index in [9.17, 15) is 4.79 Å². The molecule has 5 aromatic rings. The SMILES string of the molecule is CCN(CC)c1ccc(-n2nc3cc(C)c(NC(=O)c4cccc(OCc5ccccc5)c4)cc3n2)c(C)c1. The number of carbonyl (C=O) groups excluding carboxylic acids is 1. The zero-order valence-electron chi connectivity index (χ0n) is 22.8. The number of hydrogen-bond acceptors (Lipinski definition) is 5. The summed E-state index contributed by atoms with van der Waals surface area (Å²) in [7, 11) is 0. The molecule has 0 saturated heterocycles. The Morgan fingerprint density at radius 1 is 0.846 bits per heavy atom. The highest BCUT2D eigenvalue weighted by Crippen LogP contribution is 2.26. The number of ether oxygens (including phenoxy) is 1. The van der Waals surface area contributed by atoms with Crippen molar-refractivity contribution in [1.29, 1.82) is 0 Å². The fraction of sp³-hybridized carbons (Fsp3) is 0.219. The van der Waals surface area contributed by atoms with E-state index in [1.54, 1.807) is 16.9 Å². The first-order chi connectivity index (χ1) is 18.9. The summed E-state index contributed by atoms with van der Waals surface area (Å²) in [5.41, 5.74) is 7.89. The first-order valence-corrected chi connectivity index (χ1v) is 13.3. The Bertz CT molecular complexity index is 1610. The van der Waals surface area contributed by atoms with Gasteiger partial charge in [-0.2, -0.15) is 4.80 Å². The lowest BCUT2D eigenvalue weighted by Gasteiger charge is -2.22. The normalized spacial score (nSPS) is 11.0. The van der Waals surface area contributed by atoms with Crippen LogP contribution in [0, 0.1) is 13.8 Å². The van der Waals surface area contributed by atoms with Gasteiger partial charge in [0.15, 0.2) is 0 Å². The number of aryl methyl sites for hydroxylation is 2. The Hall–Kier alpha value is -4.65. The maximum Gasteiger partial charge on any atom is 0.255 e. The van der Waals surface area contributed by atoms with E-state index in [1.807, 2.05) is 61.5 Å². The highest BCUT2D eigenvalue weighted by atomic mass is 16.5. The molecule has 0 radical (unpaired) electrons. The van der Waals surface area contributed by atoms with Gasteiger partial charge >= 0.3 is 0 Å². The van der Waals surface area contributed by atoms with Crippen molar-refractivity contribution in [3.8, 4) is 11.4 Å². The summed E-state index contributed by atoms with van der Waals surface area (Å²) in [6.07, 6.45) is 0. The third-order valence-corrected chi connectivity index (χ3v) is 6.84. The number of nitrogens with zero attached hydrogens (tertiary/aromatic N) is 4. The minimum absolute atomic E-state index is 0.210. The Balaban J connectivity index is 1.34. The van der Waals surface area contributed by atoms with E-state index in [0.717, 1.165) is 41.0 Å². The van der Waals surface area contributed by atoms with E-state index in [-0.39, 0.29) is 5.91 Å². The molecule has 0 spiro atoms. The first-order valence-electron chi connectivity index (χ1n) is 13.3. The Morgan fingerprint density at radius 2 is 1.59 bits per heavy atom. The molecule has 1 amide bonds. The Kier molecular flexibility index (Phi) is 7.59. The number of carbonyl (C=O) groups is 1. The quantitative estimate of drug-likeness (QED) is 0.234. The molecule has 0 bridgehead atoms. The molecule has 0 unspecified atom stereocenters. The van der Waals surface area contributed by atoms with Crippen molar-refractivity contribution in [1.82, 2.24) is 15.0 Å². The van der Waals surface area contributed by atoms with Crippen molar-refractivity contribution < 1.29 is 9.53 Å². The van der Waals surface area contributed by atoms with Crippen molar-refractivity contribution in [2.24, 2.45) is 0 Å². The van der Waals surface area contributed by atoms with Gasteiger partial charge in [0.2, 0.25) is 0 Å². The zero-order chi connectivity index (χ0) is 27.4. The number of hydrogen-bond donors (Lipinski definition) is 1. The van der Waals surface area contributed by atoms with Gasteiger partial charge in [-0.15, -0.1) is 10.2 Å². The van der Waals surface area contributed by atoms with Crippen molar-refractivity contribution in [3.63, 3.8) is 0 Å². The first kappa shape index (κ1) is 26.0. The number of aromatic nitrogens is 3. The predicted molar refractivity (Wildman–Crippen MR) is 157 cm³/mol. The van der Waals surface area contributed by atoms with E-state index >= 15 is 0 Å². The summed E-state index contributed by atoms with van der Waals surface area (Å²) in [5.74, 6) is 0.432. The third kappa shape index (κ3) is 5.77. The molecule has 0 atom stereocenters. The summed E-state index contributed by atoms with van der Waals surface area (Å²) in [4.78, 5) is 17.1. The van der Waals surface area contributed by atoms with Gasteiger partial charge in [0.1, 0.15) is 23.4 Å². The summed E-state index contributed by atoms with van der Waals surface area (Å²) in [5, 5.41) is 12.5. The molecule has 5 rings (SSSR count). The number of rotatable bonds is 9. The van der Waals surface area contributed by atoms with Crippen LogP contribution >= 0.6 is 0 Å². The fourth-order valence-corrected chi connectivity index (χ4v) is 4.62. The molecule has 1 aromatic heterocycles. The van der Waals surface area contributed by atoms with Crippen LogP contribution in [-0.2, 0) is 6.61 Å². The number of nitrogens with one attached hydrogen (secondary N) is 1. The maximum absolute atomic E-state index is 13.1. The molecular formula is C32H33N5O2. The highest BCUT2D eigenvalue weighted by molar-refractivity contribution is 6.05. The second-order valence-corrected chi connectivity index (χ2v) is 9.54. The van der Waals surface area contributed by atoms with Crippen LogP contribution in [0.1, 0.15) is 40.9 Å². The second-order valence-electron chi connectivity index (χ2n) is 9.54. The molecule has 0 aliphatic carbocycles. The van der Waals surface area contributed by atoms with E-state index in [2.05, 4.69) is 49.2 Å². The molecule has 0 saturated carbocycles. The average molecular weight is 520 g/mol. The molecule has 198 valence electrons. The monoisotopic (exact) mass is 519 g/mol. The number of fused-ring (bicyclic) bond motifs is 1.